The molecule has 2 aromatic carbocycles. The van der Waals surface area contributed by atoms with Crippen LogP contribution >= 0.6 is 0 Å². The Balaban J connectivity index is 2.17. The van der Waals surface area contributed by atoms with Crippen LogP contribution in [0.4, 0.5) is 26.3 Å². The number of ether oxygens (including phenoxy) is 1. The van der Waals surface area contributed by atoms with Gasteiger partial charge in [0.1, 0.15) is 11.5 Å². The maximum absolute atomic E-state index is 13.5. The zero-order chi connectivity index (χ0) is 37.8. The molecule has 2 rings (SSSR count). The molecule has 0 aromatic heterocycles. The van der Waals surface area contributed by atoms with Gasteiger partial charge in [-0.15, -0.1) is 13.2 Å². The van der Waals surface area contributed by atoms with Crippen molar-refractivity contribution in [2.75, 3.05) is 0 Å². The molecule has 0 saturated heterocycles. The summed E-state index contributed by atoms with van der Waals surface area (Å²) in [6.07, 6.45) is -15.2. The molecule has 2 aromatic rings. The van der Waals surface area contributed by atoms with E-state index in [2.05, 4.69) is 15.4 Å². The molecule has 0 aliphatic rings. The first-order valence-corrected chi connectivity index (χ1v) is 15.7. The number of aliphatic hydroxyl groups is 1. The topological polar surface area (TPSA) is 165 Å². The molecule has 276 valence electrons. The molecule has 0 radical (unpaired) electrons. The SMILES string of the molecule is CC(C)[C@H](CC(=O)Cc1ccc(OC(F)(F)F)cc1)C(=O)N[C@@H](Cc1ccccc1)C(=O)C[C@@H](C)C(=O)NC(CCC(N)=O)C(O)C(F)(F)F. The summed E-state index contributed by atoms with van der Waals surface area (Å²) in [6, 6.07) is 10.1. The van der Waals surface area contributed by atoms with Gasteiger partial charge < -0.3 is 26.2 Å². The Morgan fingerprint density at radius 3 is 1.94 bits per heavy atom. The van der Waals surface area contributed by atoms with Gasteiger partial charge in [-0.2, -0.15) is 13.2 Å². The van der Waals surface area contributed by atoms with Crippen LogP contribution in [0.3, 0.4) is 0 Å². The lowest BCUT2D eigenvalue weighted by atomic mass is 9.87. The lowest BCUT2D eigenvalue weighted by Gasteiger charge is -2.27. The van der Waals surface area contributed by atoms with Gasteiger partial charge in [0.25, 0.3) is 0 Å². The van der Waals surface area contributed by atoms with Gasteiger partial charge in [-0.3, -0.25) is 24.0 Å². The van der Waals surface area contributed by atoms with Gasteiger partial charge >= 0.3 is 12.5 Å². The number of Topliss-reactive ketones (excluding diaryl/α,β-unsaturated/α-hetero) is 2. The van der Waals surface area contributed by atoms with Crippen LogP contribution in [0.15, 0.2) is 54.6 Å². The molecule has 0 aliphatic heterocycles. The average Bonchev–Trinajstić information content (AvgIpc) is 3.01. The average molecular weight is 718 g/mol. The van der Waals surface area contributed by atoms with Crippen molar-refractivity contribution in [3.8, 4) is 5.75 Å². The number of ketones is 2. The van der Waals surface area contributed by atoms with E-state index in [0.29, 0.717) is 11.1 Å². The fourth-order valence-electron chi connectivity index (χ4n) is 5.06. The number of halogens is 6. The van der Waals surface area contributed by atoms with E-state index in [1.165, 1.54) is 19.1 Å². The van der Waals surface area contributed by atoms with E-state index in [1.807, 2.05) is 0 Å². The number of primary amides is 1. The Hall–Kier alpha value is -4.47. The monoisotopic (exact) mass is 717 g/mol. The van der Waals surface area contributed by atoms with Crippen LogP contribution in [0, 0.1) is 17.8 Å². The van der Waals surface area contributed by atoms with Crippen molar-refractivity contribution >= 4 is 29.3 Å². The largest absolute Gasteiger partial charge is 0.573 e. The molecule has 0 saturated carbocycles. The molecule has 0 bridgehead atoms. The number of nitrogens with two attached hydrogens (primary N) is 1. The highest BCUT2D eigenvalue weighted by Crippen LogP contribution is 2.26. The lowest BCUT2D eigenvalue weighted by molar-refractivity contribution is -0.274. The molecule has 16 heteroatoms. The number of benzene rings is 2. The maximum atomic E-state index is 13.5. The van der Waals surface area contributed by atoms with Gasteiger partial charge in [0.15, 0.2) is 11.9 Å². The van der Waals surface area contributed by atoms with E-state index in [-0.39, 0.29) is 19.3 Å². The second-order valence-electron chi connectivity index (χ2n) is 12.4. The van der Waals surface area contributed by atoms with Crippen molar-refractivity contribution in [2.24, 2.45) is 23.5 Å². The first-order chi connectivity index (χ1) is 23.2. The summed E-state index contributed by atoms with van der Waals surface area (Å²) in [4.78, 5) is 64.0. The summed E-state index contributed by atoms with van der Waals surface area (Å²) >= 11 is 0. The zero-order valence-electron chi connectivity index (χ0n) is 27.6. The second-order valence-corrected chi connectivity index (χ2v) is 12.4. The Labute approximate surface area is 285 Å². The number of nitrogens with one attached hydrogen (secondary N) is 2. The van der Waals surface area contributed by atoms with E-state index < -0.39 is 103 Å². The minimum Gasteiger partial charge on any atom is -0.406 e. The van der Waals surface area contributed by atoms with Crippen LogP contribution in [-0.4, -0.2) is 65.1 Å². The summed E-state index contributed by atoms with van der Waals surface area (Å²) in [7, 11) is 0. The number of hydrogen-bond donors (Lipinski definition) is 4. The summed E-state index contributed by atoms with van der Waals surface area (Å²) in [5.41, 5.74) is 6.04. The Bertz CT molecular complexity index is 1450. The zero-order valence-corrected chi connectivity index (χ0v) is 27.6. The third kappa shape index (κ3) is 14.6. The number of hydrogen-bond acceptors (Lipinski definition) is 7. The molecule has 5 atom stereocenters. The summed E-state index contributed by atoms with van der Waals surface area (Å²) in [5, 5.41) is 14.5. The molecule has 0 heterocycles. The highest BCUT2D eigenvalue weighted by Gasteiger charge is 2.44. The molecule has 10 nitrogen and oxygen atoms in total. The highest BCUT2D eigenvalue weighted by atomic mass is 19.4. The molecule has 5 N–H and O–H groups in total. The first kappa shape index (κ1) is 41.7. The lowest BCUT2D eigenvalue weighted by Crippen LogP contribution is -2.52. The van der Waals surface area contributed by atoms with Crippen LogP contribution in [0.25, 0.3) is 0 Å². The van der Waals surface area contributed by atoms with Crippen molar-refractivity contribution in [3.05, 3.63) is 65.7 Å². The van der Waals surface area contributed by atoms with Gasteiger partial charge in [-0.25, -0.2) is 0 Å². The maximum Gasteiger partial charge on any atom is 0.573 e. The predicted molar refractivity (Wildman–Crippen MR) is 168 cm³/mol. The molecule has 50 heavy (non-hydrogen) atoms. The van der Waals surface area contributed by atoms with Gasteiger partial charge in [0.05, 0.1) is 12.1 Å². The number of carbonyl (C=O) groups excluding carboxylic acids is 5. The smallest absolute Gasteiger partial charge is 0.406 e. The minimum atomic E-state index is -5.12. The van der Waals surface area contributed by atoms with E-state index in [1.54, 1.807) is 44.2 Å². The van der Waals surface area contributed by atoms with Gasteiger partial charge in [0, 0.05) is 37.5 Å². The predicted octanol–water partition coefficient (Wildman–Crippen LogP) is 4.36. The van der Waals surface area contributed by atoms with Gasteiger partial charge in [-0.05, 0) is 42.0 Å². The second kappa shape index (κ2) is 18.5. The number of aliphatic hydroxyl groups excluding tert-OH is 1. The fourth-order valence-corrected chi connectivity index (χ4v) is 5.06. The third-order valence-electron chi connectivity index (χ3n) is 7.84. The van der Waals surface area contributed by atoms with E-state index in [0.717, 1.165) is 12.1 Å². The van der Waals surface area contributed by atoms with Crippen molar-refractivity contribution in [3.63, 3.8) is 0 Å². The normalized spacial score (nSPS) is 14.9. The number of amides is 3. The van der Waals surface area contributed by atoms with Crippen LogP contribution in [0.1, 0.15) is 57.6 Å². The molecule has 2 unspecified atom stereocenters. The number of rotatable bonds is 19. The highest BCUT2D eigenvalue weighted by molar-refractivity contribution is 5.94. The van der Waals surface area contributed by atoms with Crippen LogP contribution < -0.4 is 21.1 Å². The molecule has 0 aliphatic carbocycles. The minimum absolute atomic E-state index is 0.0150. The Morgan fingerprint density at radius 1 is 0.820 bits per heavy atom. The molecule has 0 fully saturated rings. The van der Waals surface area contributed by atoms with Crippen molar-refractivity contribution < 1.29 is 60.2 Å². The van der Waals surface area contributed by atoms with Crippen LogP contribution in [0.5, 0.6) is 5.75 Å². The van der Waals surface area contributed by atoms with Crippen LogP contribution in [-0.2, 0) is 36.8 Å². The van der Waals surface area contributed by atoms with E-state index in [9.17, 15) is 55.4 Å². The van der Waals surface area contributed by atoms with Crippen LogP contribution in [0.2, 0.25) is 0 Å². The number of alkyl halides is 6. The third-order valence-corrected chi connectivity index (χ3v) is 7.84. The fraction of sp³-hybridized carbons (Fsp3) is 0.500. The summed E-state index contributed by atoms with van der Waals surface area (Å²) in [6.45, 7) is 4.65. The molecular weight excluding hydrogens is 676 g/mol. The summed E-state index contributed by atoms with van der Waals surface area (Å²) < 4.78 is 80.9. The van der Waals surface area contributed by atoms with Crippen molar-refractivity contribution in [1.29, 1.82) is 0 Å². The molecule has 0 spiro atoms. The van der Waals surface area contributed by atoms with Crippen molar-refractivity contribution in [2.45, 2.75) is 90.0 Å². The number of carbonyl (C=O) groups is 5. The summed E-state index contributed by atoms with van der Waals surface area (Å²) in [5.74, 6) is -6.63. The van der Waals surface area contributed by atoms with E-state index >= 15 is 0 Å². The van der Waals surface area contributed by atoms with Gasteiger partial charge in [0.2, 0.25) is 17.7 Å². The standard InChI is InChI=1S/C34H41F6N3O7/c1-19(2)25(18-23(44)16-22-9-11-24(12-10-22)50-34(38,39)40)32(49)43-27(17-21-7-5-4-6-8-21)28(45)15-20(3)31(48)42-26(13-14-29(41)46)30(47)33(35,36)37/h4-12,19-20,25-27,30,47H,13-18H2,1-3H3,(H2,41,46)(H,42,48)(H,43,49)/t20-,25+,26?,27+,30?/m1/s1. The van der Waals surface area contributed by atoms with Crippen molar-refractivity contribution in [1.82, 2.24) is 10.6 Å². The quantitative estimate of drug-likeness (QED) is 0.157. The molecular formula is C34H41F6N3O7. The first-order valence-electron chi connectivity index (χ1n) is 15.7. The molecule has 3 amide bonds. The Kier molecular flexibility index (Phi) is 15.4. The van der Waals surface area contributed by atoms with E-state index in [4.69, 9.17) is 5.73 Å². The Morgan fingerprint density at radius 2 is 1.42 bits per heavy atom. The van der Waals surface area contributed by atoms with Gasteiger partial charge in [-0.1, -0.05) is 63.2 Å².